The molecule has 0 unspecified atom stereocenters. The molecular formula is C30H28N2O8. The van der Waals surface area contributed by atoms with Gasteiger partial charge in [0.2, 0.25) is 0 Å². The maximum absolute atomic E-state index is 13.3. The van der Waals surface area contributed by atoms with Crippen molar-refractivity contribution in [2.24, 2.45) is 0 Å². The summed E-state index contributed by atoms with van der Waals surface area (Å²) in [6, 6.07) is 18.2. The van der Waals surface area contributed by atoms with Gasteiger partial charge in [-0.25, -0.2) is 0 Å². The molecular weight excluding hydrogens is 516 g/mol. The molecule has 0 atom stereocenters. The lowest BCUT2D eigenvalue weighted by molar-refractivity contribution is -0.140. The van der Waals surface area contributed by atoms with Crippen LogP contribution in [0.25, 0.3) is 32.7 Å². The molecule has 0 aliphatic carbocycles. The number of carbonyl (C=O) groups is 4. The van der Waals surface area contributed by atoms with Crippen LogP contribution in [0.3, 0.4) is 0 Å². The van der Waals surface area contributed by atoms with E-state index in [0.29, 0.717) is 21.9 Å². The van der Waals surface area contributed by atoms with Crippen LogP contribution in [0, 0.1) is 0 Å². The zero-order chi connectivity index (χ0) is 28.8. The summed E-state index contributed by atoms with van der Waals surface area (Å²) in [6.45, 7) is -0.661. The van der Waals surface area contributed by atoms with E-state index in [1.165, 1.54) is 28.4 Å². The van der Waals surface area contributed by atoms with Crippen LogP contribution in [0.2, 0.25) is 0 Å². The topological polar surface area (TPSA) is 129 Å². The van der Waals surface area contributed by atoms with Crippen molar-refractivity contribution in [1.82, 2.24) is 10.6 Å². The molecule has 4 aromatic carbocycles. The minimum Gasteiger partial charge on any atom is -0.495 e. The summed E-state index contributed by atoms with van der Waals surface area (Å²) in [6.07, 6.45) is 0. The molecule has 2 amide bonds. The first kappa shape index (κ1) is 27.9. The van der Waals surface area contributed by atoms with Gasteiger partial charge in [-0.1, -0.05) is 48.5 Å². The Hall–Kier alpha value is -5.12. The van der Waals surface area contributed by atoms with Gasteiger partial charge in [0, 0.05) is 11.1 Å². The van der Waals surface area contributed by atoms with Crippen molar-refractivity contribution in [2.75, 3.05) is 41.5 Å². The van der Waals surface area contributed by atoms with Crippen molar-refractivity contribution in [2.45, 2.75) is 0 Å². The third kappa shape index (κ3) is 5.37. The summed E-state index contributed by atoms with van der Waals surface area (Å²) < 4.78 is 21.0. The number of hydrogen-bond donors (Lipinski definition) is 2. The van der Waals surface area contributed by atoms with Gasteiger partial charge in [0.1, 0.15) is 24.6 Å². The largest absolute Gasteiger partial charge is 0.495 e. The number of methoxy groups -OCH3 is 4. The first-order valence-electron chi connectivity index (χ1n) is 12.2. The normalized spacial score (nSPS) is 10.6. The molecule has 0 aliphatic heterocycles. The fourth-order valence-electron chi connectivity index (χ4n) is 4.55. The van der Waals surface area contributed by atoms with Gasteiger partial charge in [-0.05, 0) is 33.7 Å². The maximum atomic E-state index is 13.3. The van der Waals surface area contributed by atoms with E-state index in [4.69, 9.17) is 9.47 Å². The van der Waals surface area contributed by atoms with E-state index in [9.17, 15) is 19.2 Å². The van der Waals surface area contributed by atoms with E-state index in [1.807, 2.05) is 48.5 Å². The van der Waals surface area contributed by atoms with E-state index < -0.39 is 23.8 Å². The summed E-state index contributed by atoms with van der Waals surface area (Å²) in [5, 5.41) is 8.03. The molecule has 0 radical (unpaired) electrons. The van der Waals surface area contributed by atoms with Gasteiger partial charge in [-0.2, -0.15) is 0 Å². The number of carbonyl (C=O) groups excluding carboxylic acids is 4. The number of rotatable bonds is 9. The van der Waals surface area contributed by atoms with Crippen LogP contribution in [0.1, 0.15) is 20.7 Å². The Kier molecular flexibility index (Phi) is 8.48. The Morgan fingerprint density at radius 2 is 0.975 bits per heavy atom. The SMILES string of the molecule is COC(=O)CNC(=O)c1cc2ccccc2c(-c2c(OC)c(C(=O)NCC(=O)OC)cc3ccccc23)c1OC. The van der Waals surface area contributed by atoms with Crippen LogP contribution in [0.5, 0.6) is 11.5 Å². The molecule has 0 aliphatic rings. The Labute approximate surface area is 230 Å². The monoisotopic (exact) mass is 544 g/mol. The molecule has 0 spiro atoms. The van der Waals surface area contributed by atoms with Crippen LogP contribution in [-0.4, -0.2) is 65.3 Å². The maximum Gasteiger partial charge on any atom is 0.325 e. The lowest BCUT2D eigenvalue weighted by atomic mass is 9.88. The van der Waals surface area contributed by atoms with E-state index in [-0.39, 0.29) is 35.7 Å². The zero-order valence-electron chi connectivity index (χ0n) is 22.5. The molecule has 10 heteroatoms. The minimum atomic E-state index is -0.605. The predicted molar refractivity (Wildman–Crippen MR) is 149 cm³/mol. The second kappa shape index (κ2) is 12.2. The van der Waals surface area contributed by atoms with Gasteiger partial charge in [0.05, 0.1) is 39.6 Å². The fourth-order valence-corrected chi connectivity index (χ4v) is 4.55. The van der Waals surface area contributed by atoms with E-state index in [1.54, 1.807) is 12.1 Å². The zero-order valence-corrected chi connectivity index (χ0v) is 22.5. The van der Waals surface area contributed by atoms with Crippen LogP contribution in [0.15, 0.2) is 60.7 Å². The van der Waals surface area contributed by atoms with Crippen LogP contribution < -0.4 is 20.1 Å². The van der Waals surface area contributed by atoms with Crippen LogP contribution in [-0.2, 0) is 19.1 Å². The number of ether oxygens (including phenoxy) is 4. The molecule has 0 saturated carbocycles. The molecule has 0 heterocycles. The molecule has 0 fully saturated rings. The average Bonchev–Trinajstić information content (AvgIpc) is 2.99. The quantitative estimate of drug-likeness (QED) is 0.307. The molecule has 0 bridgehead atoms. The van der Waals surface area contributed by atoms with Crippen LogP contribution in [0.4, 0.5) is 0 Å². The highest BCUT2D eigenvalue weighted by Gasteiger charge is 2.27. The second-order valence-corrected chi connectivity index (χ2v) is 8.62. The Bertz CT molecular complexity index is 1510. The lowest BCUT2D eigenvalue weighted by Gasteiger charge is -2.22. The molecule has 0 saturated heterocycles. The van der Waals surface area contributed by atoms with Crippen molar-refractivity contribution in [3.05, 3.63) is 71.8 Å². The number of benzene rings is 4. The minimum absolute atomic E-state index is 0.173. The van der Waals surface area contributed by atoms with Gasteiger partial charge in [0.25, 0.3) is 11.8 Å². The van der Waals surface area contributed by atoms with Crippen molar-refractivity contribution in [3.63, 3.8) is 0 Å². The molecule has 206 valence electrons. The van der Waals surface area contributed by atoms with Gasteiger partial charge < -0.3 is 29.6 Å². The Balaban J connectivity index is 2.05. The van der Waals surface area contributed by atoms with Crippen LogP contribution >= 0.6 is 0 Å². The third-order valence-electron chi connectivity index (χ3n) is 6.39. The van der Waals surface area contributed by atoms with Crippen molar-refractivity contribution in [1.29, 1.82) is 0 Å². The lowest BCUT2D eigenvalue weighted by Crippen LogP contribution is -2.30. The summed E-state index contributed by atoms with van der Waals surface area (Å²) >= 11 is 0. The van der Waals surface area contributed by atoms with Gasteiger partial charge >= 0.3 is 11.9 Å². The first-order chi connectivity index (χ1) is 19.3. The Morgan fingerprint density at radius 3 is 1.32 bits per heavy atom. The van der Waals surface area contributed by atoms with Gasteiger partial charge in [-0.15, -0.1) is 0 Å². The average molecular weight is 545 g/mol. The number of fused-ring (bicyclic) bond motifs is 2. The fraction of sp³-hybridized carbons (Fsp3) is 0.200. The highest BCUT2D eigenvalue weighted by atomic mass is 16.5. The Morgan fingerprint density at radius 1 is 0.600 bits per heavy atom. The molecule has 0 aromatic heterocycles. The van der Waals surface area contributed by atoms with Crippen molar-refractivity contribution >= 4 is 45.3 Å². The molecule has 2 N–H and O–H groups in total. The molecule has 40 heavy (non-hydrogen) atoms. The van der Waals surface area contributed by atoms with Gasteiger partial charge in [0.15, 0.2) is 0 Å². The highest BCUT2D eigenvalue weighted by molar-refractivity contribution is 6.17. The summed E-state index contributed by atoms with van der Waals surface area (Å²) in [5.41, 5.74) is 1.37. The van der Waals surface area contributed by atoms with E-state index >= 15 is 0 Å². The first-order valence-corrected chi connectivity index (χ1v) is 12.2. The number of amides is 2. The standard InChI is InChI=1S/C30H28N2O8/c1-37-23(33)15-31-29(35)21-13-17-9-5-7-11-19(17)25(27(21)39-3)26-20-12-8-6-10-18(20)14-22(28(26)40-4)30(36)32-16-24(34)38-2/h5-14H,15-16H2,1-4H3,(H,31,35)(H,32,36). The number of nitrogens with one attached hydrogen (secondary N) is 2. The highest BCUT2D eigenvalue weighted by Crippen LogP contribution is 2.48. The van der Waals surface area contributed by atoms with E-state index in [0.717, 1.165) is 10.8 Å². The molecule has 4 aromatic rings. The summed E-state index contributed by atoms with van der Waals surface area (Å²) in [7, 11) is 5.34. The molecule has 4 rings (SSSR count). The summed E-state index contributed by atoms with van der Waals surface area (Å²) in [5.74, 6) is -1.87. The van der Waals surface area contributed by atoms with Crippen molar-refractivity contribution in [3.8, 4) is 22.6 Å². The third-order valence-corrected chi connectivity index (χ3v) is 6.39. The summed E-state index contributed by atoms with van der Waals surface area (Å²) in [4.78, 5) is 50.0. The van der Waals surface area contributed by atoms with Gasteiger partial charge in [-0.3, -0.25) is 19.2 Å². The van der Waals surface area contributed by atoms with E-state index in [2.05, 4.69) is 20.1 Å². The number of hydrogen-bond acceptors (Lipinski definition) is 8. The smallest absolute Gasteiger partial charge is 0.325 e. The predicted octanol–water partition coefficient (Wildman–Crippen LogP) is 3.48. The number of esters is 2. The molecule has 10 nitrogen and oxygen atoms in total. The van der Waals surface area contributed by atoms with Crippen molar-refractivity contribution < 1.29 is 38.1 Å². The second-order valence-electron chi connectivity index (χ2n) is 8.62.